The molecule has 0 saturated heterocycles. The van der Waals surface area contributed by atoms with Gasteiger partial charge in [-0.1, -0.05) is 12.5 Å². The summed E-state index contributed by atoms with van der Waals surface area (Å²) in [6.07, 6.45) is 3.08. The van der Waals surface area contributed by atoms with Gasteiger partial charge in [0, 0.05) is 12.0 Å². The van der Waals surface area contributed by atoms with Crippen LogP contribution in [0.4, 0.5) is 8.78 Å². The molecule has 1 aliphatic carbocycles. The monoisotopic (exact) mass is 197 g/mol. The van der Waals surface area contributed by atoms with Crippen molar-refractivity contribution in [2.24, 2.45) is 5.73 Å². The molecule has 1 fully saturated rings. The molecule has 0 aromatic heterocycles. The normalized spacial score (nSPS) is 19.1. The highest BCUT2D eigenvalue weighted by Crippen LogP contribution is 2.42. The molecule has 1 aromatic rings. The average molecular weight is 197 g/mol. The van der Waals surface area contributed by atoms with Gasteiger partial charge in [0.2, 0.25) is 0 Å². The van der Waals surface area contributed by atoms with Crippen LogP contribution in [0.25, 0.3) is 0 Å². The molecule has 0 atom stereocenters. The fourth-order valence-corrected chi connectivity index (χ4v) is 2.04. The van der Waals surface area contributed by atoms with Gasteiger partial charge in [0.1, 0.15) is 0 Å². The minimum Gasteiger partial charge on any atom is -0.330 e. The Kier molecular flexibility index (Phi) is 2.27. The second-order valence-corrected chi connectivity index (χ2v) is 3.97. The van der Waals surface area contributed by atoms with Gasteiger partial charge in [-0.3, -0.25) is 0 Å². The van der Waals surface area contributed by atoms with Gasteiger partial charge in [-0.25, -0.2) is 8.78 Å². The second-order valence-electron chi connectivity index (χ2n) is 3.97. The average Bonchev–Trinajstić information content (AvgIpc) is 2.10. The summed E-state index contributed by atoms with van der Waals surface area (Å²) in [5, 5.41) is 0. The molecule has 0 aliphatic heterocycles. The van der Waals surface area contributed by atoms with Crippen LogP contribution < -0.4 is 5.73 Å². The minimum absolute atomic E-state index is 0.0887. The predicted octanol–water partition coefficient (Wildman–Crippen LogP) is 2.35. The van der Waals surface area contributed by atoms with Crippen molar-refractivity contribution in [1.29, 1.82) is 0 Å². The third kappa shape index (κ3) is 1.32. The number of rotatable bonds is 2. The third-order valence-corrected chi connectivity index (χ3v) is 3.23. The molecule has 2 N–H and O–H groups in total. The molecule has 76 valence electrons. The van der Waals surface area contributed by atoms with E-state index in [0.29, 0.717) is 6.54 Å². The summed E-state index contributed by atoms with van der Waals surface area (Å²) in [6.45, 7) is 0.512. The lowest BCUT2D eigenvalue weighted by Crippen LogP contribution is -2.41. The van der Waals surface area contributed by atoms with E-state index in [9.17, 15) is 8.78 Å². The van der Waals surface area contributed by atoms with Crippen LogP contribution in [0.15, 0.2) is 18.2 Å². The second kappa shape index (κ2) is 3.31. The molecule has 0 radical (unpaired) electrons. The summed E-state index contributed by atoms with van der Waals surface area (Å²) >= 11 is 0. The highest BCUT2D eigenvalue weighted by molar-refractivity contribution is 5.29. The molecule has 0 bridgehead atoms. The van der Waals surface area contributed by atoms with Crippen LogP contribution in [0.1, 0.15) is 24.8 Å². The molecule has 0 unspecified atom stereocenters. The van der Waals surface area contributed by atoms with E-state index < -0.39 is 11.6 Å². The molecule has 14 heavy (non-hydrogen) atoms. The number of halogens is 2. The Hall–Kier alpha value is -0.960. The maximum atomic E-state index is 13.0. The van der Waals surface area contributed by atoms with E-state index in [-0.39, 0.29) is 5.41 Å². The molecule has 1 nitrogen and oxygen atoms in total. The van der Waals surface area contributed by atoms with E-state index >= 15 is 0 Å². The van der Waals surface area contributed by atoms with E-state index in [0.717, 1.165) is 24.8 Å². The SMILES string of the molecule is NCC1(c2ccc(F)c(F)c2)CCC1. The smallest absolute Gasteiger partial charge is 0.159 e. The van der Waals surface area contributed by atoms with Crippen molar-refractivity contribution >= 4 is 0 Å². The minimum atomic E-state index is -0.791. The number of benzene rings is 1. The molecule has 0 heterocycles. The molecular weight excluding hydrogens is 184 g/mol. The molecule has 1 aliphatic rings. The van der Waals surface area contributed by atoms with Crippen molar-refractivity contribution < 1.29 is 8.78 Å². The largest absolute Gasteiger partial charge is 0.330 e. The first-order valence-electron chi connectivity index (χ1n) is 4.83. The topological polar surface area (TPSA) is 26.0 Å². The van der Waals surface area contributed by atoms with E-state index in [1.54, 1.807) is 6.07 Å². The van der Waals surface area contributed by atoms with Crippen LogP contribution in [-0.2, 0) is 5.41 Å². The summed E-state index contributed by atoms with van der Waals surface area (Å²) in [6, 6.07) is 4.10. The molecule has 3 heteroatoms. The fourth-order valence-electron chi connectivity index (χ4n) is 2.04. The van der Waals surface area contributed by atoms with Crippen LogP contribution in [0.3, 0.4) is 0 Å². The van der Waals surface area contributed by atoms with Crippen LogP contribution in [0.2, 0.25) is 0 Å². The standard InChI is InChI=1S/C11H13F2N/c12-9-3-2-8(6-10(9)13)11(7-14)4-1-5-11/h2-3,6H,1,4-5,7,14H2. The molecule has 1 saturated carbocycles. The summed E-state index contributed by atoms with van der Waals surface area (Å²) in [5.74, 6) is -1.57. The Bertz CT molecular complexity index is 340. The van der Waals surface area contributed by atoms with E-state index in [2.05, 4.69) is 0 Å². The van der Waals surface area contributed by atoms with E-state index in [1.807, 2.05) is 0 Å². The Labute approximate surface area is 81.9 Å². The zero-order valence-electron chi connectivity index (χ0n) is 7.89. The van der Waals surface area contributed by atoms with Gasteiger partial charge in [-0.05, 0) is 30.5 Å². The number of hydrogen-bond donors (Lipinski definition) is 1. The van der Waals surface area contributed by atoms with Gasteiger partial charge in [0.05, 0.1) is 0 Å². The maximum Gasteiger partial charge on any atom is 0.159 e. The summed E-state index contributed by atoms with van der Waals surface area (Å²) in [5.41, 5.74) is 6.42. The maximum absolute atomic E-state index is 13.0. The highest BCUT2D eigenvalue weighted by Gasteiger charge is 2.37. The first-order chi connectivity index (χ1) is 6.68. The van der Waals surface area contributed by atoms with E-state index in [4.69, 9.17) is 5.73 Å². The van der Waals surface area contributed by atoms with Gasteiger partial charge in [-0.15, -0.1) is 0 Å². The molecule has 1 aromatic carbocycles. The van der Waals surface area contributed by atoms with Crippen LogP contribution >= 0.6 is 0 Å². The van der Waals surface area contributed by atoms with Gasteiger partial charge in [0.15, 0.2) is 11.6 Å². The van der Waals surface area contributed by atoms with Crippen LogP contribution in [-0.4, -0.2) is 6.54 Å². The van der Waals surface area contributed by atoms with Crippen molar-refractivity contribution in [3.8, 4) is 0 Å². The zero-order valence-corrected chi connectivity index (χ0v) is 7.89. The fraction of sp³-hybridized carbons (Fsp3) is 0.455. The highest BCUT2D eigenvalue weighted by atomic mass is 19.2. The Balaban J connectivity index is 2.36. The van der Waals surface area contributed by atoms with Gasteiger partial charge in [-0.2, -0.15) is 0 Å². The van der Waals surface area contributed by atoms with Crippen LogP contribution in [0, 0.1) is 11.6 Å². The number of hydrogen-bond acceptors (Lipinski definition) is 1. The molecular formula is C11H13F2N. The van der Waals surface area contributed by atoms with Crippen molar-refractivity contribution in [1.82, 2.24) is 0 Å². The Morgan fingerprint density at radius 3 is 2.36 bits per heavy atom. The van der Waals surface area contributed by atoms with Crippen molar-refractivity contribution in [2.45, 2.75) is 24.7 Å². The van der Waals surface area contributed by atoms with Gasteiger partial charge < -0.3 is 5.73 Å². The van der Waals surface area contributed by atoms with Crippen molar-refractivity contribution in [3.05, 3.63) is 35.4 Å². The Morgan fingerprint density at radius 2 is 1.93 bits per heavy atom. The quantitative estimate of drug-likeness (QED) is 0.773. The van der Waals surface area contributed by atoms with Gasteiger partial charge >= 0.3 is 0 Å². The van der Waals surface area contributed by atoms with Crippen molar-refractivity contribution in [3.63, 3.8) is 0 Å². The van der Waals surface area contributed by atoms with Crippen LogP contribution in [0.5, 0.6) is 0 Å². The third-order valence-electron chi connectivity index (χ3n) is 3.23. The van der Waals surface area contributed by atoms with E-state index in [1.165, 1.54) is 12.1 Å². The first kappa shape index (κ1) is 9.59. The first-order valence-corrected chi connectivity index (χ1v) is 4.83. The summed E-state index contributed by atoms with van der Waals surface area (Å²) in [7, 11) is 0. The molecule has 2 rings (SSSR count). The molecule has 0 amide bonds. The van der Waals surface area contributed by atoms with Crippen molar-refractivity contribution in [2.75, 3.05) is 6.54 Å². The summed E-state index contributed by atoms with van der Waals surface area (Å²) in [4.78, 5) is 0. The lowest BCUT2D eigenvalue weighted by molar-refractivity contribution is 0.252. The summed E-state index contributed by atoms with van der Waals surface area (Å²) < 4.78 is 25.7. The zero-order chi connectivity index (χ0) is 10.2. The lowest BCUT2D eigenvalue weighted by Gasteiger charge is -2.41. The predicted molar refractivity (Wildman–Crippen MR) is 50.9 cm³/mol. The Morgan fingerprint density at radius 1 is 1.21 bits per heavy atom. The van der Waals surface area contributed by atoms with Gasteiger partial charge in [0.25, 0.3) is 0 Å². The molecule has 0 spiro atoms. The lowest BCUT2D eigenvalue weighted by atomic mass is 9.64. The number of nitrogens with two attached hydrogens (primary N) is 1.